The first kappa shape index (κ1) is 17.0. The third-order valence-corrected chi connectivity index (χ3v) is 4.81. The van der Waals surface area contributed by atoms with Crippen molar-refractivity contribution in [2.45, 2.75) is 13.0 Å². The minimum Gasteiger partial charge on any atom is -0.488 e. The fourth-order valence-electron chi connectivity index (χ4n) is 2.91. The van der Waals surface area contributed by atoms with Gasteiger partial charge in [0.15, 0.2) is 0 Å². The SMILES string of the molecule is NCC1CCN(C(=O)c2cc(Br)ccc2OCc2ccccc2)C1. The average Bonchev–Trinajstić information content (AvgIpc) is 3.10. The van der Waals surface area contributed by atoms with Crippen molar-refractivity contribution in [3.63, 3.8) is 0 Å². The Bertz CT molecular complexity index is 706. The lowest BCUT2D eigenvalue weighted by molar-refractivity contribution is 0.0782. The molecule has 4 nitrogen and oxygen atoms in total. The average molecular weight is 389 g/mol. The monoisotopic (exact) mass is 388 g/mol. The lowest BCUT2D eigenvalue weighted by atomic mass is 10.1. The number of carbonyl (C=O) groups is 1. The van der Waals surface area contributed by atoms with Gasteiger partial charge in [0.2, 0.25) is 0 Å². The quantitative estimate of drug-likeness (QED) is 0.852. The first-order chi connectivity index (χ1) is 11.7. The van der Waals surface area contributed by atoms with E-state index in [2.05, 4.69) is 15.9 Å². The van der Waals surface area contributed by atoms with Crippen LogP contribution in [0.15, 0.2) is 53.0 Å². The molecule has 3 rings (SSSR count). The van der Waals surface area contributed by atoms with Crippen LogP contribution in [-0.2, 0) is 6.61 Å². The molecule has 0 aliphatic carbocycles. The summed E-state index contributed by atoms with van der Waals surface area (Å²) in [5.41, 5.74) is 7.40. The van der Waals surface area contributed by atoms with Crippen LogP contribution in [0.25, 0.3) is 0 Å². The fraction of sp³-hybridized carbons (Fsp3) is 0.316. The van der Waals surface area contributed by atoms with Gasteiger partial charge in [0, 0.05) is 17.6 Å². The van der Waals surface area contributed by atoms with Gasteiger partial charge in [0.25, 0.3) is 5.91 Å². The Hall–Kier alpha value is -1.85. The molecular weight excluding hydrogens is 368 g/mol. The van der Waals surface area contributed by atoms with Crippen molar-refractivity contribution in [2.24, 2.45) is 11.7 Å². The first-order valence-corrected chi connectivity index (χ1v) is 8.92. The Balaban J connectivity index is 1.77. The van der Waals surface area contributed by atoms with Gasteiger partial charge in [-0.2, -0.15) is 0 Å². The number of carbonyl (C=O) groups excluding carboxylic acids is 1. The minimum absolute atomic E-state index is 0.00955. The highest BCUT2D eigenvalue weighted by molar-refractivity contribution is 9.10. The van der Waals surface area contributed by atoms with Crippen LogP contribution in [-0.4, -0.2) is 30.4 Å². The molecule has 5 heteroatoms. The molecule has 1 heterocycles. The van der Waals surface area contributed by atoms with Crippen LogP contribution in [0.3, 0.4) is 0 Å². The van der Waals surface area contributed by atoms with Crippen LogP contribution in [0.4, 0.5) is 0 Å². The van der Waals surface area contributed by atoms with Crippen LogP contribution in [0.2, 0.25) is 0 Å². The summed E-state index contributed by atoms with van der Waals surface area (Å²) in [6, 6.07) is 15.5. The molecule has 1 aliphatic rings. The molecule has 1 fully saturated rings. The Morgan fingerprint density at radius 3 is 2.75 bits per heavy atom. The maximum absolute atomic E-state index is 12.9. The highest BCUT2D eigenvalue weighted by Crippen LogP contribution is 2.27. The van der Waals surface area contributed by atoms with E-state index in [0.717, 1.165) is 29.5 Å². The number of ether oxygens (including phenoxy) is 1. The molecular formula is C19H21BrN2O2. The zero-order valence-corrected chi connectivity index (χ0v) is 15.0. The van der Waals surface area contributed by atoms with E-state index in [-0.39, 0.29) is 5.91 Å². The number of likely N-dealkylation sites (tertiary alicyclic amines) is 1. The van der Waals surface area contributed by atoms with Crippen LogP contribution >= 0.6 is 15.9 Å². The smallest absolute Gasteiger partial charge is 0.257 e. The highest BCUT2D eigenvalue weighted by atomic mass is 79.9. The summed E-state index contributed by atoms with van der Waals surface area (Å²) >= 11 is 3.45. The van der Waals surface area contributed by atoms with Crippen LogP contribution in [0, 0.1) is 5.92 Å². The highest BCUT2D eigenvalue weighted by Gasteiger charge is 2.27. The summed E-state index contributed by atoms with van der Waals surface area (Å²) in [6.07, 6.45) is 0.969. The van der Waals surface area contributed by atoms with Gasteiger partial charge in [0.1, 0.15) is 12.4 Å². The van der Waals surface area contributed by atoms with Crippen molar-refractivity contribution in [3.05, 3.63) is 64.1 Å². The second-order valence-electron chi connectivity index (χ2n) is 6.06. The van der Waals surface area contributed by atoms with Gasteiger partial charge >= 0.3 is 0 Å². The first-order valence-electron chi connectivity index (χ1n) is 8.13. The molecule has 1 aliphatic heterocycles. The third-order valence-electron chi connectivity index (χ3n) is 4.32. The van der Waals surface area contributed by atoms with Crippen LogP contribution < -0.4 is 10.5 Å². The summed E-state index contributed by atoms with van der Waals surface area (Å²) in [7, 11) is 0. The van der Waals surface area contributed by atoms with Crippen LogP contribution in [0.5, 0.6) is 5.75 Å². The molecule has 1 atom stereocenters. The molecule has 2 N–H and O–H groups in total. The van der Waals surface area contributed by atoms with Gasteiger partial charge in [-0.05, 0) is 42.6 Å². The summed E-state index contributed by atoms with van der Waals surface area (Å²) in [5.74, 6) is 1.02. The molecule has 126 valence electrons. The molecule has 2 aromatic rings. The second-order valence-corrected chi connectivity index (χ2v) is 6.97. The molecule has 0 bridgehead atoms. The number of halogens is 1. The number of nitrogens with two attached hydrogens (primary N) is 1. The largest absolute Gasteiger partial charge is 0.488 e. The Morgan fingerprint density at radius 1 is 1.25 bits per heavy atom. The van der Waals surface area contributed by atoms with Gasteiger partial charge in [-0.15, -0.1) is 0 Å². The standard InChI is InChI=1S/C19H21BrN2O2/c20-16-6-7-18(24-13-14-4-2-1-3-5-14)17(10-16)19(23)22-9-8-15(11-21)12-22/h1-7,10,15H,8-9,11-13,21H2. The topological polar surface area (TPSA) is 55.6 Å². The van der Waals surface area contributed by atoms with Crippen molar-refractivity contribution in [1.29, 1.82) is 0 Å². The van der Waals surface area contributed by atoms with E-state index >= 15 is 0 Å². The molecule has 24 heavy (non-hydrogen) atoms. The lowest BCUT2D eigenvalue weighted by Gasteiger charge is -2.19. The predicted molar refractivity (Wildman–Crippen MR) is 98.0 cm³/mol. The van der Waals surface area contributed by atoms with Crippen molar-refractivity contribution < 1.29 is 9.53 Å². The number of rotatable bonds is 5. The molecule has 0 saturated carbocycles. The molecule has 0 radical (unpaired) electrons. The Morgan fingerprint density at radius 2 is 2.04 bits per heavy atom. The number of amides is 1. The summed E-state index contributed by atoms with van der Waals surface area (Å²) in [4.78, 5) is 14.7. The Labute approximate surface area is 150 Å². The zero-order valence-electron chi connectivity index (χ0n) is 13.5. The predicted octanol–water partition coefficient (Wildman–Crippen LogP) is 3.45. The van der Waals surface area contributed by atoms with Crippen LogP contribution in [0.1, 0.15) is 22.3 Å². The number of benzene rings is 2. The maximum atomic E-state index is 12.9. The number of hydrogen-bond donors (Lipinski definition) is 1. The number of nitrogens with zero attached hydrogens (tertiary/aromatic N) is 1. The molecule has 0 aromatic heterocycles. The van der Waals surface area contributed by atoms with Gasteiger partial charge in [0.05, 0.1) is 5.56 Å². The summed E-state index contributed by atoms with van der Waals surface area (Å²) in [6.45, 7) is 2.54. The molecule has 1 unspecified atom stereocenters. The van der Waals surface area contributed by atoms with Gasteiger partial charge in [-0.1, -0.05) is 46.3 Å². The third kappa shape index (κ3) is 3.97. The van der Waals surface area contributed by atoms with E-state index < -0.39 is 0 Å². The zero-order chi connectivity index (χ0) is 16.9. The van der Waals surface area contributed by atoms with E-state index in [1.165, 1.54) is 0 Å². The van der Waals surface area contributed by atoms with Crippen molar-refractivity contribution in [1.82, 2.24) is 4.90 Å². The normalized spacial score (nSPS) is 17.1. The summed E-state index contributed by atoms with van der Waals surface area (Å²) < 4.78 is 6.79. The molecule has 1 saturated heterocycles. The minimum atomic E-state index is 0.00955. The molecule has 2 aromatic carbocycles. The van der Waals surface area contributed by atoms with Crippen molar-refractivity contribution in [2.75, 3.05) is 19.6 Å². The van der Waals surface area contributed by atoms with E-state index in [1.54, 1.807) is 0 Å². The van der Waals surface area contributed by atoms with E-state index in [1.807, 2.05) is 53.4 Å². The van der Waals surface area contributed by atoms with Gasteiger partial charge < -0.3 is 15.4 Å². The summed E-state index contributed by atoms with van der Waals surface area (Å²) in [5, 5.41) is 0. The molecule has 1 amide bonds. The molecule has 0 spiro atoms. The van der Waals surface area contributed by atoms with E-state index in [9.17, 15) is 4.79 Å². The maximum Gasteiger partial charge on any atom is 0.257 e. The fourth-order valence-corrected chi connectivity index (χ4v) is 3.27. The lowest BCUT2D eigenvalue weighted by Crippen LogP contribution is -2.30. The van der Waals surface area contributed by atoms with E-state index in [4.69, 9.17) is 10.5 Å². The Kier molecular flexibility index (Phi) is 5.53. The number of hydrogen-bond acceptors (Lipinski definition) is 3. The van der Waals surface area contributed by atoms with Gasteiger partial charge in [-0.25, -0.2) is 0 Å². The van der Waals surface area contributed by atoms with Gasteiger partial charge in [-0.3, -0.25) is 4.79 Å². The van der Waals surface area contributed by atoms with Crippen molar-refractivity contribution >= 4 is 21.8 Å². The van der Waals surface area contributed by atoms with Crippen molar-refractivity contribution in [3.8, 4) is 5.75 Å². The second kappa shape index (κ2) is 7.81. The van der Waals surface area contributed by atoms with E-state index in [0.29, 0.717) is 30.4 Å².